The van der Waals surface area contributed by atoms with Gasteiger partial charge in [-0.3, -0.25) is 0 Å². The number of hydrogen-bond acceptors (Lipinski definition) is 0. The van der Waals surface area contributed by atoms with Crippen molar-refractivity contribution < 1.29 is 0 Å². The van der Waals surface area contributed by atoms with Crippen LogP contribution in [0.3, 0.4) is 0 Å². The van der Waals surface area contributed by atoms with Gasteiger partial charge in [-0.05, 0) is 29.0 Å². The molecule has 0 saturated carbocycles. The summed E-state index contributed by atoms with van der Waals surface area (Å²) < 4.78 is 0. The van der Waals surface area contributed by atoms with E-state index in [9.17, 15) is 0 Å². The van der Waals surface area contributed by atoms with Gasteiger partial charge in [-0.1, -0.05) is 85.8 Å². The molecule has 2 aromatic rings. The van der Waals surface area contributed by atoms with Crippen molar-refractivity contribution in [3.8, 4) is 0 Å². The summed E-state index contributed by atoms with van der Waals surface area (Å²) in [5.74, 6) is 1.11. The molecular formula is C20H20. The molecule has 2 aromatic carbocycles. The van der Waals surface area contributed by atoms with E-state index < -0.39 is 0 Å². The molecule has 0 nitrogen and oxygen atoms in total. The van der Waals surface area contributed by atoms with Crippen molar-refractivity contribution in [2.45, 2.75) is 19.3 Å². The number of rotatable bonds is 2. The Labute approximate surface area is 121 Å². The monoisotopic (exact) mass is 260 g/mol. The van der Waals surface area contributed by atoms with Gasteiger partial charge in [0.1, 0.15) is 0 Å². The summed E-state index contributed by atoms with van der Waals surface area (Å²) in [6, 6.07) is 21.5. The van der Waals surface area contributed by atoms with Crippen molar-refractivity contribution in [1.82, 2.24) is 0 Å². The van der Waals surface area contributed by atoms with Crippen molar-refractivity contribution in [3.63, 3.8) is 0 Å². The van der Waals surface area contributed by atoms with Crippen LogP contribution in [0.2, 0.25) is 0 Å². The maximum absolute atomic E-state index is 2.40. The van der Waals surface area contributed by atoms with Gasteiger partial charge in [0.25, 0.3) is 0 Å². The maximum Gasteiger partial charge on any atom is 0.00268 e. The molecule has 0 amide bonds. The zero-order valence-corrected chi connectivity index (χ0v) is 11.9. The minimum atomic E-state index is 0.517. The lowest BCUT2D eigenvalue weighted by atomic mass is 9.90. The van der Waals surface area contributed by atoms with Crippen molar-refractivity contribution in [2.75, 3.05) is 0 Å². The zero-order chi connectivity index (χ0) is 13.8. The van der Waals surface area contributed by atoms with Crippen molar-refractivity contribution >= 4 is 5.57 Å². The molecule has 0 heteroatoms. The molecule has 20 heavy (non-hydrogen) atoms. The molecule has 100 valence electrons. The highest BCUT2D eigenvalue weighted by atomic mass is 14.2. The fraction of sp³-hybridized carbons (Fsp3) is 0.200. The number of allylic oxidation sites excluding steroid dienone is 4. The van der Waals surface area contributed by atoms with Crippen LogP contribution >= 0.6 is 0 Å². The van der Waals surface area contributed by atoms with Gasteiger partial charge in [0.05, 0.1) is 0 Å². The highest BCUT2D eigenvalue weighted by Crippen LogP contribution is 2.32. The Morgan fingerprint density at radius 1 is 0.850 bits per heavy atom. The highest BCUT2D eigenvalue weighted by molar-refractivity contribution is 5.74. The van der Waals surface area contributed by atoms with Gasteiger partial charge in [-0.15, -0.1) is 0 Å². The van der Waals surface area contributed by atoms with E-state index in [0.29, 0.717) is 11.8 Å². The van der Waals surface area contributed by atoms with Crippen LogP contribution in [0, 0.1) is 5.92 Å². The number of benzene rings is 2. The first-order valence-electron chi connectivity index (χ1n) is 7.33. The Morgan fingerprint density at radius 2 is 1.50 bits per heavy atom. The van der Waals surface area contributed by atoms with Gasteiger partial charge < -0.3 is 0 Å². The third-order valence-corrected chi connectivity index (χ3v) is 3.93. The highest BCUT2D eigenvalue weighted by Gasteiger charge is 2.15. The average molecular weight is 260 g/mol. The minimum Gasteiger partial charge on any atom is -0.0764 e. The molecule has 0 radical (unpaired) electrons. The lowest BCUT2D eigenvalue weighted by Crippen LogP contribution is -1.99. The van der Waals surface area contributed by atoms with E-state index in [0.717, 1.165) is 0 Å². The standard InChI is InChI=1S/C20H20/c1-16-14-19(17-8-4-2-5-9-17)12-13-20(15-16)18-10-6-3-7-11-18/h2-14,16,20H,15H2,1H3. The topological polar surface area (TPSA) is 0 Å². The van der Waals surface area contributed by atoms with Gasteiger partial charge in [-0.2, -0.15) is 0 Å². The predicted molar refractivity (Wildman–Crippen MR) is 86.5 cm³/mol. The van der Waals surface area contributed by atoms with Crippen LogP contribution in [0.5, 0.6) is 0 Å². The summed E-state index contributed by atoms with van der Waals surface area (Å²) in [6.45, 7) is 2.31. The van der Waals surface area contributed by atoms with Gasteiger partial charge in [-0.25, -0.2) is 0 Å². The number of hydrogen-bond donors (Lipinski definition) is 0. The molecule has 0 fully saturated rings. The van der Waals surface area contributed by atoms with Gasteiger partial charge in [0.15, 0.2) is 0 Å². The summed E-state index contributed by atoms with van der Waals surface area (Å²) in [7, 11) is 0. The van der Waals surface area contributed by atoms with Crippen LogP contribution in [-0.2, 0) is 0 Å². The van der Waals surface area contributed by atoms with Crippen molar-refractivity contribution in [2.24, 2.45) is 5.92 Å². The summed E-state index contributed by atoms with van der Waals surface area (Å²) in [6.07, 6.45) is 8.22. The van der Waals surface area contributed by atoms with E-state index in [1.165, 1.54) is 23.1 Å². The second-order valence-corrected chi connectivity index (χ2v) is 5.58. The van der Waals surface area contributed by atoms with Crippen LogP contribution in [0.4, 0.5) is 0 Å². The molecule has 0 aromatic heterocycles. The van der Waals surface area contributed by atoms with Gasteiger partial charge >= 0.3 is 0 Å². The van der Waals surface area contributed by atoms with Gasteiger partial charge in [0.2, 0.25) is 0 Å². The van der Waals surface area contributed by atoms with E-state index in [-0.39, 0.29) is 0 Å². The van der Waals surface area contributed by atoms with E-state index in [2.05, 4.69) is 85.8 Å². The van der Waals surface area contributed by atoms with Crippen LogP contribution < -0.4 is 0 Å². The quantitative estimate of drug-likeness (QED) is 0.673. The molecule has 0 heterocycles. The molecule has 0 spiro atoms. The maximum atomic E-state index is 2.40. The first kappa shape index (κ1) is 12.9. The lowest BCUT2D eigenvalue weighted by molar-refractivity contribution is 0.606. The van der Waals surface area contributed by atoms with Crippen molar-refractivity contribution in [1.29, 1.82) is 0 Å². The Kier molecular flexibility index (Phi) is 3.83. The van der Waals surface area contributed by atoms with Crippen LogP contribution in [0.15, 0.2) is 78.9 Å². The average Bonchev–Trinajstić information content (AvgIpc) is 2.71. The fourth-order valence-corrected chi connectivity index (χ4v) is 2.90. The van der Waals surface area contributed by atoms with E-state index in [1.54, 1.807) is 0 Å². The smallest absolute Gasteiger partial charge is 0.00268 e. The molecule has 3 rings (SSSR count). The molecule has 0 bridgehead atoms. The third kappa shape index (κ3) is 2.91. The molecule has 2 atom stereocenters. The summed E-state index contributed by atoms with van der Waals surface area (Å²) in [4.78, 5) is 0. The second-order valence-electron chi connectivity index (χ2n) is 5.58. The first-order chi connectivity index (χ1) is 9.83. The third-order valence-electron chi connectivity index (χ3n) is 3.93. The molecule has 2 unspecified atom stereocenters. The van der Waals surface area contributed by atoms with Gasteiger partial charge in [0, 0.05) is 5.92 Å². The molecule has 1 aliphatic rings. The SMILES string of the molecule is CC1C=C(c2ccccc2)C=CC(c2ccccc2)C1. The van der Waals surface area contributed by atoms with Crippen molar-refractivity contribution in [3.05, 3.63) is 90.0 Å². The lowest BCUT2D eigenvalue weighted by Gasteiger charge is -2.14. The predicted octanol–water partition coefficient (Wildman–Crippen LogP) is 5.45. The Hall–Kier alpha value is -2.08. The Bertz CT molecular complexity index is 605. The zero-order valence-electron chi connectivity index (χ0n) is 11.9. The fourth-order valence-electron chi connectivity index (χ4n) is 2.90. The van der Waals surface area contributed by atoms with E-state index in [4.69, 9.17) is 0 Å². The Balaban J connectivity index is 1.89. The molecule has 0 aliphatic heterocycles. The Morgan fingerprint density at radius 3 is 2.20 bits per heavy atom. The second kappa shape index (κ2) is 5.92. The first-order valence-corrected chi connectivity index (χ1v) is 7.33. The summed E-state index contributed by atoms with van der Waals surface area (Å²) in [5.41, 5.74) is 4.07. The largest absolute Gasteiger partial charge is 0.0764 e. The molecule has 1 aliphatic carbocycles. The minimum absolute atomic E-state index is 0.517. The van der Waals surface area contributed by atoms with E-state index >= 15 is 0 Å². The van der Waals surface area contributed by atoms with Crippen LogP contribution in [0.1, 0.15) is 30.4 Å². The van der Waals surface area contributed by atoms with Crippen LogP contribution in [-0.4, -0.2) is 0 Å². The summed E-state index contributed by atoms with van der Waals surface area (Å²) >= 11 is 0. The molecular weight excluding hydrogens is 240 g/mol. The molecule has 0 N–H and O–H groups in total. The van der Waals surface area contributed by atoms with E-state index in [1.807, 2.05) is 0 Å². The normalized spacial score (nSPS) is 22.1. The molecule has 0 saturated heterocycles. The summed E-state index contributed by atoms with van der Waals surface area (Å²) in [5, 5.41) is 0. The van der Waals surface area contributed by atoms with Crippen LogP contribution in [0.25, 0.3) is 5.57 Å².